The second-order valence-corrected chi connectivity index (χ2v) is 9.60. The fraction of sp³-hybridized carbons (Fsp3) is 0.233. The van der Waals surface area contributed by atoms with Crippen LogP contribution in [0, 0.1) is 13.8 Å². The second kappa shape index (κ2) is 10.2. The minimum Gasteiger partial charge on any atom is -0.465 e. The van der Waals surface area contributed by atoms with E-state index in [1.54, 1.807) is 12.1 Å². The van der Waals surface area contributed by atoms with Gasteiger partial charge in [0.05, 0.1) is 30.5 Å². The van der Waals surface area contributed by atoms with Gasteiger partial charge in [-0.25, -0.2) is 4.79 Å². The normalized spacial score (nSPS) is 17.1. The van der Waals surface area contributed by atoms with Crippen molar-refractivity contribution < 1.29 is 9.53 Å². The Morgan fingerprint density at radius 1 is 1.03 bits per heavy atom. The Morgan fingerprint density at radius 3 is 2.35 bits per heavy atom. The van der Waals surface area contributed by atoms with E-state index in [-0.39, 0.29) is 18.1 Å². The zero-order chi connectivity index (χ0) is 26.1. The summed E-state index contributed by atoms with van der Waals surface area (Å²) in [6.45, 7) is 6.39. The number of thiocarbonyl (C=S) groups is 1. The van der Waals surface area contributed by atoms with Gasteiger partial charge in [-0.3, -0.25) is 4.98 Å². The molecule has 5 rings (SSSR count). The van der Waals surface area contributed by atoms with Crippen LogP contribution in [-0.2, 0) is 11.2 Å². The van der Waals surface area contributed by atoms with Crippen molar-refractivity contribution in [3.05, 3.63) is 113 Å². The smallest absolute Gasteiger partial charge is 0.337 e. The molecule has 2 atom stereocenters. The van der Waals surface area contributed by atoms with Crippen LogP contribution in [0.5, 0.6) is 0 Å². The zero-order valence-electron chi connectivity index (χ0n) is 21.4. The molecular formula is C30H30N4O2S. The molecule has 37 heavy (non-hydrogen) atoms. The fourth-order valence-corrected chi connectivity index (χ4v) is 5.54. The Bertz CT molecular complexity index is 1430. The molecule has 4 aromatic rings. The van der Waals surface area contributed by atoms with Crippen molar-refractivity contribution in [3.63, 3.8) is 0 Å². The predicted molar refractivity (Wildman–Crippen MR) is 150 cm³/mol. The van der Waals surface area contributed by atoms with Gasteiger partial charge in [0.2, 0.25) is 0 Å². The van der Waals surface area contributed by atoms with Gasteiger partial charge in [-0.05, 0) is 98.2 Å². The fourth-order valence-electron chi connectivity index (χ4n) is 5.19. The summed E-state index contributed by atoms with van der Waals surface area (Å²) in [5, 5.41) is 4.23. The number of anilines is 1. The third-order valence-corrected chi connectivity index (χ3v) is 7.37. The monoisotopic (exact) mass is 510 g/mol. The van der Waals surface area contributed by atoms with Crippen LogP contribution in [0.4, 0.5) is 5.69 Å². The molecule has 2 aromatic carbocycles. The highest BCUT2D eigenvalue weighted by molar-refractivity contribution is 7.80. The average molecular weight is 511 g/mol. The largest absolute Gasteiger partial charge is 0.465 e. The number of nitrogens with zero attached hydrogens (tertiary/aromatic N) is 3. The number of rotatable bonds is 6. The first-order valence-corrected chi connectivity index (χ1v) is 12.8. The minimum atomic E-state index is -0.346. The van der Waals surface area contributed by atoms with Crippen LogP contribution in [0.2, 0.25) is 0 Å². The van der Waals surface area contributed by atoms with Crippen molar-refractivity contribution in [1.82, 2.24) is 14.9 Å². The van der Waals surface area contributed by atoms with Crippen molar-refractivity contribution >= 4 is 29.0 Å². The van der Waals surface area contributed by atoms with Gasteiger partial charge < -0.3 is 19.5 Å². The maximum atomic E-state index is 11.9. The first-order valence-electron chi connectivity index (χ1n) is 12.4. The standard InChI is InChI=1S/C30H30N4O2S/c1-5-21-9-13-24(14-10-21)34-28(27(32-30(34)37)26-8-6-7-17-31-26)25-18-19(2)33(20(25)3)23-15-11-22(12-16-23)29(35)36-4/h6-18,27-28H,5H2,1-4H3,(H,32,37). The highest BCUT2D eigenvalue weighted by Crippen LogP contribution is 2.43. The molecule has 0 radical (unpaired) electrons. The van der Waals surface area contributed by atoms with E-state index >= 15 is 0 Å². The van der Waals surface area contributed by atoms with Gasteiger partial charge in [-0.2, -0.15) is 0 Å². The van der Waals surface area contributed by atoms with E-state index in [0.717, 1.165) is 40.4 Å². The van der Waals surface area contributed by atoms with Crippen molar-refractivity contribution in [2.75, 3.05) is 12.0 Å². The van der Waals surface area contributed by atoms with Crippen LogP contribution >= 0.6 is 12.2 Å². The molecule has 1 saturated heterocycles. The highest BCUT2D eigenvalue weighted by Gasteiger charge is 2.42. The molecule has 188 valence electrons. The number of methoxy groups -OCH3 is 1. The number of hydrogen-bond acceptors (Lipinski definition) is 4. The summed E-state index contributed by atoms with van der Waals surface area (Å²) in [6, 6.07) is 24.1. The molecule has 0 spiro atoms. The Morgan fingerprint density at radius 2 is 1.73 bits per heavy atom. The maximum absolute atomic E-state index is 11.9. The lowest BCUT2D eigenvalue weighted by molar-refractivity contribution is 0.0600. The Kier molecular flexibility index (Phi) is 6.80. The number of hydrogen-bond donors (Lipinski definition) is 1. The second-order valence-electron chi connectivity index (χ2n) is 9.22. The van der Waals surface area contributed by atoms with Gasteiger partial charge in [0.1, 0.15) is 0 Å². The van der Waals surface area contributed by atoms with Crippen LogP contribution in [0.25, 0.3) is 5.69 Å². The van der Waals surface area contributed by atoms with Gasteiger partial charge in [-0.15, -0.1) is 0 Å². The first kappa shape index (κ1) is 24.7. The lowest BCUT2D eigenvalue weighted by Crippen LogP contribution is -2.29. The van der Waals surface area contributed by atoms with Crippen LogP contribution in [-0.4, -0.2) is 27.7 Å². The van der Waals surface area contributed by atoms with Crippen LogP contribution in [0.1, 0.15) is 57.6 Å². The summed E-state index contributed by atoms with van der Waals surface area (Å²) >= 11 is 5.90. The predicted octanol–water partition coefficient (Wildman–Crippen LogP) is 6.02. The molecular weight excluding hydrogens is 480 g/mol. The van der Waals surface area contributed by atoms with E-state index in [4.69, 9.17) is 17.0 Å². The van der Waals surface area contributed by atoms with Crippen molar-refractivity contribution in [2.24, 2.45) is 0 Å². The van der Waals surface area contributed by atoms with E-state index in [1.165, 1.54) is 12.7 Å². The number of carbonyl (C=O) groups excluding carboxylic acids is 1. The first-order chi connectivity index (χ1) is 17.9. The number of pyridine rings is 1. The van der Waals surface area contributed by atoms with E-state index in [9.17, 15) is 4.79 Å². The number of nitrogens with one attached hydrogen (secondary N) is 1. The van der Waals surface area contributed by atoms with Crippen molar-refractivity contribution in [1.29, 1.82) is 0 Å². The van der Waals surface area contributed by atoms with Crippen LogP contribution < -0.4 is 10.2 Å². The molecule has 1 aliphatic rings. The number of esters is 1. The molecule has 0 amide bonds. The number of aromatic nitrogens is 2. The Hall–Kier alpha value is -3.97. The lowest BCUT2D eigenvalue weighted by atomic mass is 9.96. The van der Waals surface area contributed by atoms with Crippen LogP contribution in [0.3, 0.4) is 0 Å². The van der Waals surface area contributed by atoms with Gasteiger partial charge >= 0.3 is 5.97 Å². The van der Waals surface area contributed by atoms with Gasteiger partial charge in [0, 0.05) is 29.0 Å². The number of benzene rings is 2. The molecule has 0 bridgehead atoms. The summed E-state index contributed by atoms with van der Waals surface area (Å²) in [5.74, 6) is -0.346. The number of ether oxygens (including phenoxy) is 1. The zero-order valence-corrected chi connectivity index (χ0v) is 22.3. The summed E-state index contributed by atoms with van der Waals surface area (Å²) in [6.07, 6.45) is 2.81. The molecule has 1 fully saturated rings. The molecule has 1 N–H and O–H groups in total. The summed E-state index contributed by atoms with van der Waals surface area (Å²) in [5.41, 5.74) is 8.14. The van der Waals surface area contributed by atoms with Crippen LogP contribution in [0.15, 0.2) is 79.0 Å². The topological polar surface area (TPSA) is 59.4 Å². The maximum Gasteiger partial charge on any atom is 0.337 e. The summed E-state index contributed by atoms with van der Waals surface area (Å²) in [7, 11) is 1.39. The van der Waals surface area contributed by atoms with Crippen molar-refractivity contribution in [3.8, 4) is 5.69 Å². The van der Waals surface area contributed by atoms with E-state index in [1.807, 2.05) is 36.5 Å². The lowest BCUT2D eigenvalue weighted by Gasteiger charge is -2.28. The SMILES string of the molecule is CCc1ccc(N2C(=S)NC(c3ccccn3)C2c2cc(C)n(-c3ccc(C(=O)OC)cc3)c2C)cc1. The quantitative estimate of drug-likeness (QED) is 0.253. The average Bonchev–Trinajstić information content (AvgIpc) is 3.43. The third kappa shape index (κ3) is 4.51. The summed E-state index contributed by atoms with van der Waals surface area (Å²) in [4.78, 5) is 18.8. The Balaban J connectivity index is 1.62. The van der Waals surface area contributed by atoms with E-state index in [2.05, 4.69) is 70.9 Å². The van der Waals surface area contributed by atoms with Gasteiger partial charge in [0.15, 0.2) is 5.11 Å². The van der Waals surface area contributed by atoms with Gasteiger partial charge in [0.25, 0.3) is 0 Å². The van der Waals surface area contributed by atoms with Crippen molar-refractivity contribution in [2.45, 2.75) is 39.3 Å². The minimum absolute atomic E-state index is 0.0934. The molecule has 0 saturated carbocycles. The van der Waals surface area contributed by atoms with E-state index < -0.39 is 0 Å². The Labute approximate surface area is 222 Å². The number of aryl methyl sites for hydroxylation is 2. The molecule has 6 nitrogen and oxygen atoms in total. The molecule has 2 unspecified atom stereocenters. The summed E-state index contributed by atoms with van der Waals surface area (Å²) < 4.78 is 7.07. The number of carbonyl (C=O) groups is 1. The molecule has 1 aliphatic heterocycles. The van der Waals surface area contributed by atoms with Gasteiger partial charge in [-0.1, -0.05) is 25.1 Å². The molecule has 3 heterocycles. The molecule has 2 aromatic heterocycles. The third-order valence-electron chi connectivity index (χ3n) is 7.06. The highest BCUT2D eigenvalue weighted by atomic mass is 32.1. The van der Waals surface area contributed by atoms with E-state index in [0.29, 0.717) is 10.7 Å². The molecule has 7 heteroatoms. The molecule has 0 aliphatic carbocycles.